The van der Waals surface area contributed by atoms with E-state index in [1.54, 1.807) is 18.7 Å². The lowest BCUT2D eigenvalue weighted by Gasteiger charge is -2.43. The van der Waals surface area contributed by atoms with E-state index >= 15 is 0 Å². The van der Waals surface area contributed by atoms with Gasteiger partial charge < -0.3 is 26.2 Å². The predicted octanol–water partition coefficient (Wildman–Crippen LogP) is 2.49. The van der Waals surface area contributed by atoms with Gasteiger partial charge in [0.05, 0.1) is 17.8 Å². The zero-order chi connectivity index (χ0) is 37.2. The van der Waals surface area contributed by atoms with Crippen LogP contribution in [0.3, 0.4) is 0 Å². The largest absolute Gasteiger partial charge is 0.346 e. The van der Waals surface area contributed by atoms with Gasteiger partial charge in [0.15, 0.2) is 0 Å². The van der Waals surface area contributed by atoms with Crippen LogP contribution in [0.5, 0.6) is 0 Å². The number of likely N-dealkylation sites (tertiary alicyclic amines) is 1. The average Bonchev–Trinajstić information content (AvgIpc) is 3.92. The number of sulfonamides is 1. The first kappa shape index (κ1) is 39.5. The van der Waals surface area contributed by atoms with Crippen LogP contribution >= 0.6 is 0 Å². The molecule has 0 bridgehead atoms. The Hall–Kier alpha value is -3.26. The van der Waals surface area contributed by atoms with Gasteiger partial charge in [-0.3, -0.25) is 19.2 Å². The van der Waals surface area contributed by atoms with Crippen LogP contribution in [0.4, 0.5) is 4.79 Å². The number of amides is 5. The van der Waals surface area contributed by atoms with Crippen molar-refractivity contribution in [1.29, 1.82) is 0 Å². The van der Waals surface area contributed by atoms with Crippen molar-refractivity contribution in [3.05, 3.63) is 24.8 Å². The highest BCUT2D eigenvalue weighted by Gasteiger charge is 2.70. The molecule has 4 rings (SSSR count). The molecule has 4 aliphatic rings. The number of carbonyl (C=O) groups is 5. The highest BCUT2D eigenvalue weighted by Crippen LogP contribution is 2.65. The Morgan fingerprint density at radius 2 is 1.64 bits per heavy atom. The summed E-state index contributed by atoms with van der Waals surface area (Å²) < 4.78 is 26.1. The van der Waals surface area contributed by atoms with E-state index in [1.165, 1.54) is 17.4 Å². The highest BCUT2D eigenvalue weighted by atomic mass is 32.2. The maximum atomic E-state index is 14.7. The van der Waals surface area contributed by atoms with E-state index in [2.05, 4.69) is 48.3 Å². The van der Waals surface area contributed by atoms with Crippen LogP contribution in [-0.4, -0.2) is 104 Å². The van der Waals surface area contributed by atoms with Crippen molar-refractivity contribution in [2.24, 2.45) is 28.6 Å². The SMILES string of the molecule is C=CCNC(=O)C(=O)C(CC1CC1)NC(=O)[C@@H]1[C@@H]2[C@H](CN1C(=O)[C@@H](NC(=O)N[C@H](CN(C)S(=O)(=O)CC)C(=C)C)C1(C)CCCCC1)C2(C)C. The summed E-state index contributed by atoms with van der Waals surface area (Å²) in [4.78, 5) is 70.0. The van der Waals surface area contributed by atoms with Crippen molar-refractivity contribution >= 4 is 39.6 Å². The van der Waals surface area contributed by atoms with Crippen LogP contribution in [0.2, 0.25) is 0 Å². The maximum absolute atomic E-state index is 14.7. The number of rotatable bonds is 17. The summed E-state index contributed by atoms with van der Waals surface area (Å²) in [6, 6.07) is -4.18. The Kier molecular flexibility index (Phi) is 12.3. The molecule has 14 heteroatoms. The number of fused-ring (bicyclic) bond motifs is 1. The van der Waals surface area contributed by atoms with Gasteiger partial charge in [0.25, 0.3) is 5.91 Å². The second-order valence-electron chi connectivity index (χ2n) is 15.8. The zero-order valence-electron chi connectivity index (χ0n) is 30.7. The number of ketones is 1. The van der Waals surface area contributed by atoms with E-state index in [9.17, 15) is 32.4 Å². The first-order valence-electron chi connectivity index (χ1n) is 18.1. The lowest BCUT2D eigenvalue weighted by molar-refractivity contribution is -0.146. The van der Waals surface area contributed by atoms with Gasteiger partial charge in [-0.05, 0) is 61.7 Å². The van der Waals surface area contributed by atoms with Gasteiger partial charge >= 0.3 is 6.03 Å². The second kappa shape index (κ2) is 15.5. The number of hydrogen-bond acceptors (Lipinski definition) is 7. The molecule has 1 aliphatic heterocycles. The number of nitrogens with one attached hydrogen (secondary N) is 4. The zero-order valence-corrected chi connectivity index (χ0v) is 31.5. The third-order valence-electron chi connectivity index (χ3n) is 11.7. The Labute approximate surface area is 297 Å². The van der Waals surface area contributed by atoms with Crippen molar-refractivity contribution in [2.45, 2.75) is 110 Å². The Bertz CT molecular complexity index is 1470. The molecule has 1 heterocycles. The topological polar surface area (TPSA) is 174 Å². The summed E-state index contributed by atoms with van der Waals surface area (Å²) in [5, 5.41) is 11.2. The number of urea groups is 1. The lowest BCUT2D eigenvalue weighted by Crippen LogP contribution is -2.63. The molecule has 0 spiro atoms. The Morgan fingerprint density at radius 3 is 2.20 bits per heavy atom. The molecule has 0 aromatic rings. The summed E-state index contributed by atoms with van der Waals surface area (Å²) in [7, 11) is -2.06. The smallest absolute Gasteiger partial charge is 0.315 e. The first-order chi connectivity index (χ1) is 23.4. The first-order valence-corrected chi connectivity index (χ1v) is 19.7. The minimum Gasteiger partial charge on any atom is -0.346 e. The molecule has 0 aromatic heterocycles. The van der Waals surface area contributed by atoms with Crippen molar-refractivity contribution in [2.75, 3.05) is 32.4 Å². The molecule has 0 aromatic carbocycles. The number of piperidine rings is 1. The predicted molar refractivity (Wildman–Crippen MR) is 191 cm³/mol. The number of hydrogen-bond donors (Lipinski definition) is 4. The van der Waals surface area contributed by atoms with Crippen LogP contribution in [0.15, 0.2) is 24.8 Å². The second-order valence-corrected chi connectivity index (χ2v) is 18.2. The van der Waals surface area contributed by atoms with Crippen molar-refractivity contribution in [3.8, 4) is 0 Å². The molecule has 13 nitrogen and oxygen atoms in total. The molecule has 4 N–H and O–H groups in total. The van der Waals surface area contributed by atoms with E-state index in [0.717, 1.165) is 32.1 Å². The minimum absolute atomic E-state index is 0.0199. The number of Topliss-reactive ketones (excluding diaryl/α,β-unsaturated/α-hetero) is 1. The van der Waals surface area contributed by atoms with E-state index in [1.807, 2.05) is 6.92 Å². The quantitative estimate of drug-likeness (QED) is 0.132. The molecule has 280 valence electrons. The Balaban J connectivity index is 1.58. The maximum Gasteiger partial charge on any atom is 0.315 e. The van der Waals surface area contributed by atoms with Gasteiger partial charge in [-0.1, -0.05) is 71.1 Å². The van der Waals surface area contributed by atoms with Gasteiger partial charge in [-0.2, -0.15) is 0 Å². The van der Waals surface area contributed by atoms with E-state index in [4.69, 9.17) is 0 Å². The summed E-state index contributed by atoms with van der Waals surface area (Å²) in [5.41, 5.74) is -0.243. The molecular formula is C36H58N6O7S. The summed E-state index contributed by atoms with van der Waals surface area (Å²) >= 11 is 0. The standard InChI is InChI=1S/C36H58N6O7S/c1-9-18-37-32(45)29(43)25(19-23-14-15-23)38-31(44)28-27-24(35(27,5)6)20-42(28)33(46)30(36(7)16-12-11-13-17-36)40-34(47)39-26(22(3)4)21-41(8)50(48,49)10-2/h9,23-28,30H,1,3,10-21H2,2,4-8H3,(H,37,45)(H,38,44)(H2,39,40,47)/t24-,25?,26+,27-,28-,30+/m0/s1. The lowest BCUT2D eigenvalue weighted by atomic mass is 9.70. The van der Waals surface area contributed by atoms with Crippen molar-refractivity contribution in [1.82, 2.24) is 30.5 Å². The third kappa shape index (κ3) is 8.78. The number of nitrogens with zero attached hydrogens (tertiary/aromatic N) is 2. The fraction of sp³-hybridized carbons (Fsp3) is 0.750. The van der Waals surface area contributed by atoms with E-state index in [-0.39, 0.29) is 47.9 Å². The van der Waals surface area contributed by atoms with Gasteiger partial charge in [-0.15, -0.1) is 6.58 Å². The van der Waals surface area contributed by atoms with E-state index in [0.29, 0.717) is 31.4 Å². The fourth-order valence-corrected chi connectivity index (χ4v) is 8.81. The van der Waals surface area contributed by atoms with Crippen LogP contribution in [-0.2, 0) is 29.2 Å². The third-order valence-corrected chi connectivity index (χ3v) is 13.5. The minimum atomic E-state index is -3.51. The van der Waals surface area contributed by atoms with Gasteiger partial charge in [0.2, 0.25) is 27.6 Å². The molecule has 1 saturated heterocycles. The van der Waals surface area contributed by atoms with Crippen LogP contribution in [0, 0.1) is 28.6 Å². The molecule has 3 aliphatic carbocycles. The Morgan fingerprint density at radius 1 is 1.00 bits per heavy atom. The number of carbonyl (C=O) groups excluding carboxylic acids is 5. The normalized spacial score (nSPS) is 25.3. The highest BCUT2D eigenvalue weighted by molar-refractivity contribution is 7.89. The van der Waals surface area contributed by atoms with Crippen LogP contribution in [0.1, 0.15) is 86.0 Å². The van der Waals surface area contributed by atoms with Gasteiger partial charge in [-0.25, -0.2) is 17.5 Å². The molecule has 0 radical (unpaired) electrons. The molecule has 4 fully saturated rings. The molecule has 3 saturated carbocycles. The summed E-state index contributed by atoms with van der Waals surface area (Å²) in [6.07, 6.45) is 7.86. The average molecular weight is 719 g/mol. The molecular weight excluding hydrogens is 660 g/mol. The monoisotopic (exact) mass is 718 g/mol. The molecule has 1 unspecified atom stereocenters. The van der Waals surface area contributed by atoms with E-state index < -0.39 is 63.2 Å². The van der Waals surface area contributed by atoms with Crippen molar-refractivity contribution in [3.63, 3.8) is 0 Å². The van der Waals surface area contributed by atoms with Crippen molar-refractivity contribution < 1.29 is 32.4 Å². The van der Waals surface area contributed by atoms with Crippen LogP contribution < -0.4 is 21.3 Å². The molecule has 50 heavy (non-hydrogen) atoms. The van der Waals surface area contributed by atoms with Gasteiger partial charge in [0.1, 0.15) is 12.1 Å². The summed E-state index contributed by atoms with van der Waals surface area (Å²) in [6.45, 7) is 17.3. The van der Waals surface area contributed by atoms with Crippen LogP contribution in [0.25, 0.3) is 0 Å². The fourth-order valence-electron chi connectivity index (χ4n) is 7.99. The van der Waals surface area contributed by atoms with Gasteiger partial charge in [0, 0.05) is 26.7 Å². The number of likely N-dealkylation sites (N-methyl/N-ethyl adjacent to an activating group) is 1. The summed E-state index contributed by atoms with van der Waals surface area (Å²) in [5.74, 6) is -2.26. The molecule has 5 amide bonds. The molecule has 6 atom stereocenters.